The van der Waals surface area contributed by atoms with Gasteiger partial charge in [-0.2, -0.15) is 0 Å². The van der Waals surface area contributed by atoms with E-state index in [4.69, 9.17) is 9.15 Å². The molecule has 0 aliphatic heterocycles. The van der Waals surface area contributed by atoms with Crippen LogP contribution in [0.2, 0.25) is 0 Å². The molecule has 146 valence electrons. The number of anilines is 1. The molecule has 0 aliphatic carbocycles. The Balaban J connectivity index is 1.70. The lowest BCUT2D eigenvalue weighted by Crippen LogP contribution is -2.23. The quantitative estimate of drug-likeness (QED) is 0.554. The van der Waals surface area contributed by atoms with E-state index in [0.717, 1.165) is 4.47 Å². The van der Waals surface area contributed by atoms with Crippen LogP contribution in [0.3, 0.4) is 0 Å². The Morgan fingerprint density at radius 3 is 2.54 bits per heavy atom. The highest BCUT2D eigenvalue weighted by atomic mass is 79.9. The van der Waals surface area contributed by atoms with Gasteiger partial charge < -0.3 is 14.5 Å². The van der Waals surface area contributed by atoms with Gasteiger partial charge in [-0.15, -0.1) is 0 Å². The van der Waals surface area contributed by atoms with Gasteiger partial charge >= 0.3 is 0 Å². The first kappa shape index (κ1) is 20.1. The fourth-order valence-corrected chi connectivity index (χ4v) is 3.79. The first-order chi connectivity index (χ1) is 13.4. The molecule has 1 heterocycles. The van der Waals surface area contributed by atoms with Gasteiger partial charge in [-0.05, 0) is 54.6 Å². The highest BCUT2D eigenvalue weighted by Gasteiger charge is 2.16. The van der Waals surface area contributed by atoms with E-state index < -0.39 is 10.0 Å². The van der Waals surface area contributed by atoms with Crippen molar-refractivity contribution in [3.63, 3.8) is 0 Å². The summed E-state index contributed by atoms with van der Waals surface area (Å²) in [5.41, 5.74) is 0.811. The third-order valence-corrected chi connectivity index (χ3v) is 5.76. The average molecular weight is 465 g/mol. The van der Waals surface area contributed by atoms with Gasteiger partial charge in [0.1, 0.15) is 11.5 Å². The number of halogens is 1. The number of hydrogen-bond acceptors (Lipinski definition) is 5. The summed E-state index contributed by atoms with van der Waals surface area (Å²) in [6.07, 6.45) is 1.47. The second kappa shape index (κ2) is 8.59. The summed E-state index contributed by atoms with van der Waals surface area (Å²) in [4.78, 5) is 12.6. The molecular weight excluding hydrogens is 448 g/mol. The molecule has 9 heteroatoms. The molecule has 2 aromatic carbocycles. The SMILES string of the molecule is COc1ccc(Br)cc1C(=O)Nc1ccc(S(=O)(=O)NCc2ccco2)cc1. The summed E-state index contributed by atoms with van der Waals surface area (Å²) in [6, 6.07) is 14.3. The smallest absolute Gasteiger partial charge is 0.259 e. The molecule has 0 saturated heterocycles. The van der Waals surface area contributed by atoms with Crippen LogP contribution in [0.4, 0.5) is 5.69 Å². The summed E-state index contributed by atoms with van der Waals surface area (Å²) < 4.78 is 38.2. The zero-order valence-corrected chi connectivity index (χ0v) is 17.2. The molecule has 3 aromatic rings. The van der Waals surface area contributed by atoms with Crippen LogP contribution in [0.1, 0.15) is 16.1 Å². The molecule has 0 aliphatic rings. The number of hydrogen-bond donors (Lipinski definition) is 2. The molecule has 0 spiro atoms. The average Bonchev–Trinajstić information content (AvgIpc) is 3.20. The Hall–Kier alpha value is -2.62. The zero-order valence-electron chi connectivity index (χ0n) is 14.8. The van der Waals surface area contributed by atoms with E-state index in [2.05, 4.69) is 26.0 Å². The minimum atomic E-state index is -3.70. The molecule has 0 atom stereocenters. The molecule has 1 aromatic heterocycles. The van der Waals surface area contributed by atoms with Crippen LogP contribution in [0, 0.1) is 0 Å². The fraction of sp³-hybridized carbons (Fsp3) is 0.105. The minimum absolute atomic E-state index is 0.0521. The second-order valence-electron chi connectivity index (χ2n) is 5.73. The standard InChI is InChI=1S/C19H17BrN2O5S/c1-26-18-9-4-13(20)11-17(18)19(23)22-14-5-7-16(8-6-14)28(24,25)21-12-15-3-2-10-27-15/h2-11,21H,12H2,1H3,(H,22,23). The maximum Gasteiger partial charge on any atom is 0.259 e. The molecule has 7 nitrogen and oxygen atoms in total. The fourth-order valence-electron chi connectivity index (χ4n) is 2.44. The number of carbonyl (C=O) groups is 1. The lowest BCUT2D eigenvalue weighted by molar-refractivity contribution is 0.102. The van der Waals surface area contributed by atoms with E-state index in [1.807, 2.05) is 0 Å². The Kier molecular flexibility index (Phi) is 6.18. The number of methoxy groups -OCH3 is 1. The highest BCUT2D eigenvalue weighted by molar-refractivity contribution is 9.10. The normalized spacial score (nSPS) is 11.2. The predicted octanol–water partition coefficient (Wildman–Crippen LogP) is 3.78. The monoisotopic (exact) mass is 464 g/mol. The number of ether oxygens (including phenoxy) is 1. The van der Waals surface area contributed by atoms with Crippen molar-refractivity contribution in [2.75, 3.05) is 12.4 Å². The maximum absolute atomic E-state index is 12.5. The first-order valence-corrected chi connectivity index (χ1v) is 10.4. The van der Waals surface area contributed by atoms with Gasteiger partial charge in [0, 0.05) is 10.2 Å². The molecule has 0 bridgehead atoms. The molecule has 0 saturated carbocycles. The number of furan rings is 1. The summed E-state index contributed by atoms with van der Waals surface area (Å²) in [6.45, 7) is 0.0521. The number of benzene rings is 2. The van der Waals surface area contributed by atoms with Crippen LogP contribution in [0.15, 0.2) is 74.6 Å². The van der Waals surface area contributed by atoms with Crippen molar-refractivity contribution in [2.24, 2.45) is 0 Å². The van der Waals surface area contributed by atoms with Crippen LogP contribution >= 0.6 is 15.9 Å². The van der Waals surface area contributed by atoms with Crippen molar-refractivity contribution < 1.29 is 22.4 Å². The van der Waals surface area contributed by atoms with Crippen molar-refractivity contribution in [2.45, 2.75) is 11.4 Å². The molecule has 0 fully saturated rings. The summed E-state index contributed by atoms with van der Waals surface area (Å²) in [7, 11) is -2.22. The zero-order chi connectivity index (χ0) is 20.1. The summed E-state index contributed by atoms with van der Waals surface area (Å²) in [5.74, 6) is 0.571. The van der Waals surface area contributed by atoms with E-state index in [0.29, 0.717) is 22.8 Å². The van der Waals surface area contributed by atoms with Crippen LogP contribution in [0.5, 0.6) is 5.75 Å². The van der Waals surface area contributed by atoms with Gasteiger partial charge in [0.15, 0.2) is 0 Å². The Bertz CT molecular complexity index is 1060. The van der Waals surface area contributed by atoms with E-state index in [1.165, 1.54) is 37.6 Å². The van der Waals surface area contributed by atoms with E-state index >= 15 is 0 Å². The van der Waals surface area contributed by atoms with Gasteiger partial charge in [0.05, 0.1) is 30.4 Å². The molecule has 0 radical (unpaired) electrons. The van der Waals surface area contributed by atoms with Crippen molar-refractivity contribution in [1.29, 1.82) is 0 Å². The van der Waals surface area contributed by atoms with E-state index in [9.17, 15) is 13.2 Å². The summed E-state index contributed by atoms with van der Waals surface area (Å²) >= 11 is 3.32. The minimum Gasteiger partial charge on any atom is -0.496 e. The number of nitrogens with one attached hydrogen (secondary N) is 2. The first-order valence-electron chi connectivity index (χ1n) is 8.16. The van der Waals surface area contributed by atoms with Crippen molar-refractivity contribution in [1.82, 2.24) is 4.72 Å². The lowest BCUT2D eigenvalue weighted by atomic mass is 10.2. The van der Waals surface area contributed by atoms with Crippen LogP contribution in [0.25, 0.3) is 0 Å². The molecular formula is C19H17BrN2O5S. The molecule has 28 heavy (non-hydrogen) atoms. The Morgan fingerprint density at radius 2 is 1.89 bits per heavy atom. The Morgan fingerprint density at radius 1 is 1.14 bits per heavy atom. The van der Waals surface area contributed by atoms with Gasteiger partial charge in [0.2, 0.25) is 10.0 Å². The van der Waals surface area contributed by atoms with Crippen LogP contribution < -0.4 is 14.8 Å². The largest absolute Gasteiger partial charge is 0.496 e. The van der Waals surface area contributed by atoms with Gasteiger partial charge in [-0.25, -0.2) is 13.1 Å². The summed E-state index contributed by atoms with van der Waals surface area (Å²) in [5, 5.41) is 2.72. The van der Waals surface area contributed by atoms with Crippen molar-refractivity contribution in [3.05, 3.63) is 76.7 Å². The molecule has 0 unspecified atom stereocenters. The molecule has 1 amide bonds. The number of sulfonamides is 1. The van der Waals surface area contributed by atoms with E-state index in [-0.39, 0.29) is 17.3 Å². The number of amides is 1. The van der Waals surface area contributed by atoms with Gasteiger partial charge in [-0.1, -0.05) is 15.9 Å². The molecule has 3 rings (SSSR count). The third-order valence-electron chi connectivity index (χ3n) is 3.85. The number of carbonyl (C=O) groups excluding carboxylic acids is 1. The second-order valence-corrected chi connectivity index (χ2v) is 8.41. The highest BCUT2D eigenvalue weighted by Crippen LogP contribution is 2.24. The predicted molar refractivity (Wildman–Crippen MR) is 108 cm³/mol. The molecule has 2 N–H and O–H groups in total. The Labute approximate surface area is 170 Å². The lowest BCUT2D eigenvalue weighted by Gasteiger charge is -2.11. The van der Waals surface area contributed by atoms with Crippen molar-refractivity contribution >= 4 is 37.5 Å². The topological polar surface area (TPSA) is 97.6 Å². The van der Waals surface area contributed by atoms with Crippen LogP contribution in [-0.2, 0) is 16.6 Å². The van der Waals surface area contributed by atoms with Crippen LogP contribution in [-0.4, -0.2) is 21.4 Å². The third kappa shape index (κ3) is 4.80. The maximum atomic E-state index is 12.5. The van der Waals surface area contributed by atoms with Gasteiger partial charge in [0.25, 0.3) is 5.91 Å². The number of rotatable bonds is 7. The van der Waals surface area contributed by atoms with Crippen molar-refractivity contribution in [3.8, 4) is 5.75 Å². The van der Waals surface area contributed by atoms with Gasteiger partial charge in [-0.3, -0.25) is 4.79 Å². The van der Waals surface area contributed by atoms with E-state index in [1.54, 1.807) is 30.3 Å².